The van der Waals surface area contributed by atoms with E-state index in [1.54, 1.807) is 24.3 Å². The van der Waals surface area contributed by atoms with E-state index in [2.05, 4.69) is 15.5 Å². The van der Waals surface area contributed by atoms with Gasteiger partial charge in [0.2, 0.25) is 5.91 Å². The third-order valence-corrected chi connectivity index (χ3v) is 4.53. The van der Waals surface area contributed by atoms with E-state index in [9.17, 15) is 14.7 Å². The molecule has 2 aromatic carbocycles. The van der Waals surface area contributed by atoms with Crippen molar-refractivity contribution in [2.75, 3.05) is 18.5 Å². The predicted octanol–water partition coefficient (Wildman–Crippen LogP) is 4.27. The van der Waals surface area contributed by atoms with Crippen LogP contribution in [0.4, 0.5) is 21.9 Å². The van der Waals surface area contributed by atoms with Gasteiger partial charge in [-0.15, -0.1) is 0 Å². The van der Waals surface area contributed by atoms with Crippen molar-refractivity contribution in [1.29, 1.82) is 0 Å². The summed E-state index contributed by atoms with van der Waals surface area (Å²) in [7, 11) is 0. The lowest BCUT2D eigenvalue weighted by Gasteiger charge is -2.23. The molecule has 8 heteroatoms. The molecule has 3 rings (SSSR count). The number of hydrogen-bond donors (Lipinski definition) is 2. The Morgan fingerprint density at radius 1 is 1.10 bits per heavy atom. The molecule has 2 atom stereocenters. The first-order chi connectivity index (χ1) is 14.4. The molecule has 0 spiro atoms. The number of aliphatic hydroxyl groups is 1. The summed E-state index contributed by atoms with van der Waals surface area (Å²) in [5.74, 6) is -0.182. The number of rotatable bonds is 6. The van der Waals surface area contributed by atoms with Crippen molar-refractivity contribution in [1.82, 2.24) is 4.90 Å². The molecule has 8 nitrogen and oxygen atoms in total. The standard InChI is InChI=1S/C22H26N4O4/c1-15(2)14-30-22(29)26-13-19(27)12-20(26)21(28)23-16-8-10-18(11-9-16)25-24-17-6-4-3-5-7-17/h3-11,15,19-20,27H,12-14H2,1-2H3,(H,23,28)/t19-,20+/m1/s1. The molecule has 0 aromatic heterocycles. The van der Waals surface area contributed by atoms with Crippen molar-refractivity contribution >= 4 is 29.1 Å². The highest BCUT2D eigenvalue weighted by atomic mass is 16.6. The third-order valence-electron chi connectivity index (χ3n) is 4.53. The van der Waals surface area contributed by atoms with E-state index in [1.165, 1.54) is 4.90 Å². The fraction of sp³-hybridized carbons (Fsp3) is 0.364. The fourth-order valence-electron chi connectivity index (χ4n) is 3.03. The van der Waals surface area contributed by atoms with Crippen molar-refractivity contribution in [2.45, 2.75) is 32.4 Å². The van der Waals surface area contributed by atoms with Crippen LogP contribution in [0, 0.1) is 5.92 Å². The Kier molecular flexibility index (Phi) is 7.13. The van der Waals surface area contributed by atoms with Gasteiger partial charge >= 0.3 is 6.09 Å². The van der Waals surface area contributed by atoms with Crippen LogP contribution in [-0.4, -0.2) is 47.3 Å². The van der Waals surface area contributed by atoms with Crippen LogP contribution in [0.2, 0.25) is 0 Å². The Morgan fingerprint density at radius 2 is 1.73 bits per heavy atom. The third kappa shape index (κ3) is 5.87. The van der Waals surface area contributed by atoms with Crippen molar-refractivity contribution < 1.29 is 19.4 Å². The van der Waals surface area contributed by atoms with Gasteiger partial charge in [0.1, 0.15) is 6.04 Å². The fourth-order valence-corrected chi connectivity index (χ4v) is 3.03. The molecular weight excluding hydrogens is 384 g/mol. The van der Waals surface area contributed by atoms with Gasteiger partial charge in [-0.1, -0.05) is 32.0 Å². The number of azo groups is 1. The van der Waals surface area contributed by atoms with Crippen LogP contribution in [-0.2, 0) is 9.53 Å². The van der Waals surface area contributed by atoms with Crippen molar-refractivity contribution in [3.8, 4) is 0 Å². The number of carbonyl (C=O) groups is 2. The minimum absolute atomic E-state index is 0.0772. The lowest BCUT2D eigenvalue weighted by molar-refractivity contribution is -0.120. The van der Waals surface area contributed by atoms with Crippen LogP contribution in [0.25, 0.3) is 0 Å². The molecule has 1 aliphatic rings. The number of hydrogen-bond acceptors (Lipinski definition) is 6. The van der Waals surface area contributed by atoms with Gasteiger partial charge in [0.05, 0.1) is 30.6 Å². The normalized spacial score (nSPS) is 18.7. The van der Waals surface area contributed by atoms with Crippen molar-refractivity contribution in [3.05, 3.63) is 54.6 Å². The maximum Gasteiger partial charge on any atom is 0.410 e. The Bertz CT molecular complexity index is 884. The molecular formula is C22H26N4O4. The second-order valence-electron chi connectivity index (χ2n) is 7.60. The summed E-state index contributed by atoms with van der Waals surface area (Å²) >= 11 is 0. The Hall–Kier alpha value is -3.26. The molecule has 0 bridgehead atoms. The second kappa shape index (κ2) is 9.98. The van der Waals surface area contributed by atoms with E-state index in [0.717, 1.165) is 5.69 Å². The number of nitrogens with zero attached hydrogens (tertiary/aromatic N) is 3. The van der Waals surface area contributed by atoms with E-state index in [4.69, 9.17) is 4.74 Å². The molecule has 0 radical (unpaired) electrons. The van der Waals surface area contributed by atoms with Crippen molar-refractivity contribution in [3.63, 3.8) is 0 Å². The zero-order chi connectivity index (χ0) is 21.5. The van der Waals surface area contributed by atoms with E-state index in [-0.39, 0.29) is 31.4 Å². The smallest absolute Gasteiger partial charge is 0.410 e. The number of carbonyl (C=O) groups excluding carboxylic acids is 2. The first kappa shape index (κ1) is 21.4. The molecule has 1 aliphatic heterocycles. The van der Waals surface area contributed by atoms with Crippen LogP contribution in [0.3, 0.4) is 0 Å². The molecule has 0 unspecified atom stereocenters. The van der Waals surface area contributed by atoms with Crippen LogP contribution in [0.1, 0.15) is 20.3 Å². The van der Waals surface area contributed by atoms with Gasteiger partial charge in [-0.2, -0.15) is 10.2 Å². The lowest BCUT2D eigenvalue weighted by Crippen LogP contribution is -2.43. The predicted molar refractivity (Wildman–Crippen MR) is 113 cm³/mol. The summed E-state index contributed by atoms with van der Waals surface area (Å²) in [6.07, 6.45) is -1.17. The van der Waals surface area contributed by atoms with Gasteiger partial charge in [-0.3, -0.25) is 9.69 Å². The molecule has 2 N–H and O–H groups in total. The van der Waals surface area contributed by atoms with Crippen LogP contribution < -0.4 is 5.32 Å². The Morgan fingerprint density at radius 3 is 2.37 bits per heavy atom. The topological polar surface area (TPSA) is 104 Å². The number of ether oxygens (including phenoxy) is 1. The molecule has 0 aliphatic carbocycles. The lowest BCUT2D eigenvalue weighted by atomic mass is 10.2. The SMILES string of the molecule is CC(C)COC(=O)N1C[C@H](O)C[C@H]1C(=O)Nc1ccc(N=Nc2ccccc2)cc1. The largest absolute Gasteiger partial charge is 0.449 e. The average molecular weight is 410 g/mol. The first-order valence-electron chi connectivity index (χ1n) is 9.91. The summed E-state index contributed by atoms with van der Waals surface area (Å²) in [6, 6.07) is 15.5. The van der Waals surface area contributed by atoms with E-state index in [0.29, 0.717) is 11.4 Å². The molecule has 1 saturated heterocycles. The number of aliphatic hydroxyl groups excluding tert-OH is 1. The molecule has 2 aromatic rings. The molecule has 30 heavy (non-hydrogen) atoms. The number of nitrogens with one attached hydrogen (secondary N) is 1. The van der Waals surface area contributed by atoms with Crippen LogP contribution in [0.5, 0.6) is 0 Å². The highest BCUT2D eigenvalue weighted by Crippen LogP contribution is 2.23. The number of anilines is 1. The zero-order valence-electron chi connectivity index (χ0n) is 17.1. The van der Waals surface area contributed by atoms with Gasteiger partial charge in [-0.05, 0) is 42.3 Å². The molecule has 158 valence electrons. The van der Waals surface area contributed by atoms with E-state index < -0.39 is 18.2 Å². The number of benzene rings is 2. The number of amides is 2. The summed E-state index contributed by atoms with van der Waals surface area (Å²) in [6.45, 7) is 4.20. The molecule has 1 fully saturated rings. The summed E-state index contributed by atoms with van der Waals surface area (Å²) in [5, 5.41) is 21.0. The molecule has 0 saturated carbocycles. The van der Waals surface area contributed by atoms with Gasteiger partial charge in [-0.25, -0.2) is 4.79 Å². The second-order valence-corrected chi connectivity index (χ2v) is 7.60. The quantitative estimate of drug-likeness (QED) is 0.694. The van der Waals surface area contributed by atoms with E-state index in [1.807, 2.05) is 44.2 Å². The van der Waals surface area contributed by atoms with Gasteiger partial charge in [0.25, 0.3) is 0 Å². The summed E-state index contributed by atoms with van der Waals surface area (Å²) in [5.41, 5.74) is 1.96. The number of β-amino-alcohol motifs (C(OH)–C–C–N with tert-alkyl or cyclic N) is 1. The number of likely N-dealkylation sites (tertiary alicyclic amines) is 1. The van der Waals surface area contributed by atoms with Gasteiger partial charge in [0, 0.05) is 12.1 Å². The van der Waals surface area contributed by atoms with Crippen LogP contribution >= 0.6 is 0 Å². The maximum absolute atomic E-state index is 12.7. The Balaban J connectivity index is 1.60. The van der Waals surface area contributed by atoms with Gasteiger partial charge in [0.15, 0.2) is 0 Å². The highest BCUT2D eigenvalue weighted by molar-refractivity contribution is 5.97. The van der Waals surface area contributed by atoms with Crippen molar-refractivity contribution in [2.24, 2.45) is 16.1 Å². The highest BCUT2D eigenvalue weighted by Gasteiger charge is 2.39. The summed E-state index contributed by atoms with van der Waals surface area (Å²) in [4.78, 5) is 26.3. The average Bonchev–Trinajstić information content (AvgIpc) is 3.14. The first-order valence-corrected chi connectivity index (χ1v) is 9.91. The molecule has 1 heterocycles. The zero-order valence-corrected chi connectivity index (χ0v) is 17.1. The van der Waals surface area contributed by atoms with Crippen LogP contribution in [0.15, 0.2) is 64.8 Å². The Labute approximate surface area is 175 Å². The maximum atomic E-state index is 12.7. The minimum Gasteiger partial charge on any atom is -0.449 e. The van der Waals surface area contributed by atoms with Gasteiger partial charge < -0.3 is 15.2 Å². The minimum atomic E-state index is -0.780. The summed E-state index contributed by atoms with van der Waals surface area (Å²) < 4.78 is 5.22. The van der Waals surface area contributed by atoms with E-state index >= 15 is 0 Å². The molecule has 2 amide bonds. The monoisotopic (exact) mass is 410 g/mol.